The van der Waals surface area contributed by atoms with Crippen LogP contribution in [0.4, 0.5) is 4.79 Å². The summed E-state index contributed by atoms with van der Waals surface area (Å²) in [5.41, 5.74) is -0.712. The minimum Gasteiger partial charge on any atom is -0.444 e. The first-order valence-electron chi connectivity index (χ1n) is 11.9. The minimum absolute atomic E-state index is 0.0475. The lowest BCUT2D eigenvalue weighted by Crippen LogP contribution is -2.51. The van der Waals surface area contributed by atoms with E-state index in [0.717, 1.165) is 0 Å². The maximum atomic E-state index is 13.9. The molecule has 0 unspecified atom stereocenters. The van der Waals surface area contributed by atoms with Crippen LogP contribution in [0, 0.1) is 5.92 Å². The normalized spacial score (nSPS) is 20.2. The monoisotopic (exact) mass is 518 g/mol. The summed E-state index contributed by atoms with van der Waals surface area (Å²) in [6.45, 7) is 5.28. The quantitative estimate of drug-likeness (QED) is 0.466. The van der Waals surface area contributed by atoms with Crippen molar-refractivity contribution in [3.05, 3.63) is 60.7 Å². The smallest absolute Gasteiger partial charge is 0.444 e. The molecule has 1 fully saturated rings. The number of para-hydroxylation sites is 2. The zero-order valence-electron chi connectivity index (χ0n) is 21.4. The van der Waals surface area contributed by atoms with Gasteiger partial charge in [-0.3, -0.25) is 9.32 Å². The van der Waals surface area contributed by atoms with E-state index in [4.69, 9.17) is 18.3 Å². The van der Waals surface area contributed by atoms with Crippen LogP contribution in [0.1, 0.15) is 40.0 Å². The van der Waals surface area contributed by atoms with Crippen molar-refractivity contribution in [2.75, 3.05) is 14.1 Å². The summed E-state index contributed by atoms with van der Waals surface area (Å²) >= 11 is 0. The number of nitrogens with zero attached hydrogens (tertiary/aromatic N) is 1. The summed E-state index contributed by atoms with van der Waals surface area (Å²) in [7, 11) is -0.821. The number of benzene rings is 2. The van der Waals surface area contributed by atoms with Crippen molar-refractivity contribution in [2.24, 2.45) is 5.92 Å². The van der Waals surface area contributed by atoms with E-state index in [1.54, 1.807) is 95.5 Å². The Balaban J connectivity index is 1.85. The molecule has 1 N–H and O–H groups in total. The largest absolute Gasteiger partial charge is 0.587 e. The van der Waals surface area contributed by atoms with Gasteiger partial charge in [-0.1, -0.05) is 36.4 Å². The number of hydrogen-bond donors (Lipinski definition) is 1. The summed E-state index contributed by atoms with van der Waals surface area (Å²) in [4.78, 5) is 26.8. The minimum atomic E-state index is -4.20. The number of nitrogens with one attached hydrogen (secondary N) is 1. The van der Waals surface area contributed by atoms with Crippen LogP contribution in [0.3, 0.4) is 0 Å². The molecule has 0 heterocycles. The number of phosphoric acid groups is 1. The number of phosphoric ester groups is 1. The van der Waals surface area contributed by atoms with Crippen LogP contribution in [0.25, 0.3) is 0 Å². The van der Waals surface area contributed by atoms with Gasteiger partial charge in [0.1, 0.15) is 17.1 Å². The molecular weight excluding hydrogens is 483 g/mol. The van der Waals surface area contributed by atoms with Crippen LogP contribution < -0.4 is 14.4 Å². The first-order valence-corrected chi connectivity index (χ1v) is 13.4. The number of rotatable bonds is 8. The van der Waals surface area contributed by atoms with Gasteiger partial charge in [0.05, 0.1) is 12.1 Å². The Morgan fingerprint density at radius 3 is 1.92 bits per heavy atom. The van der Waals surface area contributed by atoms with E-state index in [1.807, 2.05) is 0 Å². The Labute approximate surface area is 212 Å². The molecule has 2 amide bonds. The first-order chi connectivity index (χ1) is 16.9. The van der Waals surface area contributed by atoms with Gasteiger partial charge in [0, 0.05) is 20.0 Å². The lowest BCUT2D eigenvalue weighted by molar-refractivity contribution is -0.135. The number of hydrogen-bond acceptors (Lipinski definition) is 7. The van der Waals surface area contributed by atoms with E-state index in [9.17, 15) is 14.2 Å². The summed E-state index contributed by atoms with van der Waals surface area (Å²) in [5, 5.41) is 2.81. The lowest BCUT2D eigenvalue weighted by atomic mass is 9.83. The van der Waals surface area contributed by atoms with Gasteiger partial charge >= 0.3 is 13.9 Å². The van der Waals surface area contributed by atoms with E-state index in [-0.39, 0.29) is 18.2 Å². The molecule has 1 aliphatic carbocycles. The molecule has 196 valence electrons. The zero-order chi connectivity index (χ0) is 26.3. The Hall–Kier alpha value is -3.03. The van der Waals surface area contributed by atoms with Crippen molar-refractivity contribution in [1.82, 2.24) is 10.2 Å². The molecule has 1 aliphatic rings. The van der Waals surface area contributed by atoms with Crippen LogP contribution in [0.5, 0.6) is 11.5 Å². The van der Waals surface area contributed by atoms with Crippen LogP contribution in [0.15, 0.2) is 60.7 Å². The lowest BCUT2D eigenvalue weighted by Gasteiger charge is -2.37. The van der Waals surface area contributed by atoms with Crippen LogP contribution >= 0.6 is 7.82 Å². The molecule has 0 aromatic heterocycles. The van der Waals surface area contributed by atoms with Gasteiger partial charge in [0.2, 0.25) is 5.91 Å². The highest BCUT2D eigenvalue weighted by atomic mass is 31.2. The highest BCUT2D eigenvalue weighted by Crippen LogP contribution is 2.52. The van der Waals surface area contributed by atoms with Gasteiger partial charge in [0.25, 0.3) is 0 Å². The number of alkyl carbamates (subject to hydrolysis) is 1. The Morgan fingerprint density at radius 2 is 1.44 bits per heavy atom. The number of amides is 2. The molecule has 0 bridgehead atoms. The van der Waals surface area contributed by atoms with Crippen molar-refractivity contribution >= 4 is 19.8 Å². The molecule has 3 rings (SSSR count). The molecule has 0 saturated heterocycles. The molecule has 0 radical (unpaired) electrons. The van der Waals surface area contributed by atoms with Gasteiger partial charge in [-0.25, -0.2) is 9.36 Å². The third-order valence-electron chi connectivity index (χ3n) is 5.46. The number of carbonyl (C=O) groups is 2. The highest BCUT2D eigenvalue weighted by Gasteiger charge is 2.43. The average Bonchev–Trinajstić information content (AvgIpc) is 2.79. The number of carbonyl (C=O) groups excluding carboxylic acids is 2. The maximum absolute atomic E-state index is 13.9. The standard InChI is InChI=1S/C26H35N2O7P/c1-26(2,3)32-25(30)27-22-18-19(24(29)28(4)5)16-17-23(22)35-36(31,33-20-12-8-6-9-13-20)34-21-14-10-7-11-15-21/h6-15,19,22-23H,16-18H2,1-5H3,(H,27,30)/t19-,22+,23+/m0/s1. The fourth-order valence-electron chi connectivity index (χ4n) is 3.92. The Kier molecular flexibility index (Phi) is 9.03. The summed E-state index contributed by atoms with van der Waals surface area (Å²) in [6, 6.07) is 16.5. The van der Waals surface area contributed by atoms with Crippen molar-refractivity contribution in [3.8, 4) is 11.5 Å². The summed E-state index contributed by atoms with van der Waals surface area (Å²) < 4.78 is 36.9. The molecular formula is C26H35N2O7P. The second-order valence-electron chi connectivity index (χ2n) is 9.90. The van der Waals surface area contributed by atoms with Gasteiger partial charge in [-0.2, -0.15) is 0 Å². The summed E-state index contributed by atoms with van der Waals surface area (Å²) in [6.07, 6.45) is -0.267. The molecule has 36 heavy (non-hydrogen) atoms. The van der Waals surface area contributed by atoms with Crippen molar-refractivity contribution in [1.29, 1.82) is 0 Å². The molecule has 2 aromatic carbocycles. The highest BCUT2D eigenvalue weighted by molar-refractivity contribution is 7.49. The fourth-order valence-corrected chi connectivity index (χ4v) is 5.38. The molecule has 0 aliphatic heterocycles. The third kappa shape index (κ3) is 8.28. The first kappa shape index (κ1) is 27.6. The van der Waals surface area contributed by atoms with Gasteiger partial charge < -0.3 is 24.0 Å². The molecule has 3 atom stereocenters. The van der Waals surface area contributed by atoms with Crippen LogP contribution in [-0.2, 0) is 18.6 Å². The number of ether oxygens (including phenoxy) is 1. The maximum Gasteiger partial charge on any atom is 0.587 e. The Morgan fingerprint density at radius 1 is 0.917 bits per heavy atom. The fraction of sp³-hybridized carbons (Fsp3) is 0.462. The van der Waals surface area contributed by atoms with Gasteiger partial charge in [-0.15, -0.1) is 0 Å². The van der Waals surface area contributed by atoms with Crippen molar-refractivity contribution < 1.29 is 32.5 Å². The predicted octanol–water partition coefficient (Wildman–Crippen LogP) is 5.42. The van der Waals surface area contributed by atoms with Gasteiger partial charge in [0.15, 0.2) is 0 Å². The van der Waals surface area contributed by atoms with Crippen molar-refractivity contribution in [2.45, 2.75) is 57.8 Å². The summed E-state index contributed by atoms with van der Waals surface area (Å²) in [5.74, 6) is 0.243. The van der Waals surface area contributed by atoms with E-state index < -0.39 is 31.7 Å². The second kappa shape index (κ2) is 11.8. The molecule has 1 saturated carbocycles. The van der Waals surface area contributed by atoms with Crippen molar-refractivity contribution in [3.63, 3.8) is 0 Å². The van der Waals surface area contributed by atoms with E-state index in [2.05, 4.69) is 5.32 Å². The Bertz CT molecular complexity index is 1010. The van der Waals surface area contributed by atoms with E-state index in [1.165, 1.54) is 4.90 Å². The molecule has 2 aromatic rings. The third-order valence-corrected chi connectivity index (χ3v) is 6.86. The molecule has 0 spiro atoms. The van der Waals surface area contributed by atoms with Crippen LogP contribution in [-0.4, -0.2) is 48.7 Å². The predicted molar refractivity (Wildman–Crippen MR) is 136 cm³/mol. The molecule has 9 nitrogen and oxygen atoms in total. The van der Waals surface area contributed by atoms with E-state index >= 15 is 0 Å². The van der Waals surface area contributed by atoms with Crippen LogP contribution in [0.2, 0.25) is 0 Å². The molecule has 10 heteroatoms. The van der Waals surface area contributed by atoms with Gasteiger partial charge in [-0.05, 0) is 64.3 Å². The topological polar surface area (TPSA) is 103 Å². The van der Waals surface area contributed by atoms with E-state index in [0.29, 0.717) is 24.3 Å². The average molecular weight is 519 g/mol. The second-order valence-corrected chi connectivity index (χ2v) is 11.4. The zero-order valence-corrected chi connectivity index (χ0v) is 22.3. The SMILES string of the molecule is CN(C)C(=O)[C@H]1CC[C@@H](OP(=O)(Oc2ccccc2)Oc2ccccc2)[C@H](NC(=O)OC(C)(C)C)C1.